The molecule has 0 spiro atoms. The van der Waals surface area contributed by atoms with Crippen LogP contribution >= 0.6 is 15.9 Å². The summed E-state index contributed by atoms with van der Waals surface area (Å²) in [6.07, 6.45) is -0.618. The van der Waals surface area contributed by atoms with Crippen molar-refractivity contribution in [3.63, 3.8) is 0 Å². The summed E-state index contributed by atoms with van der Waals surface area (Å²) in [6.45, 7) is 1.50. The van der Waals surface area contributed by atoms with Gasteiger partial charge in [-0.1, -0.05) is 0 Å². The van der Waals surface area contributed by atoms with Gasteiger partial charge in [-0.2, -0.15) is 0 Å². The fourth-order valence-electron chi connectivity index (χ4n) is 1.31. The third-order valence-corrected chi connectivity index (χ3v) is 5.05. The molecule has 1 atom stereocenters. The summed E-state index contributed by atoms with van der Waals surface area (Å²) >= 11 is 3.09. The lowest BCUT2D eigenvalue weighted by Crippen LogP contribution is -2.13. The fraction of sp³-hybridized carbons (Fsp3) is 0.364. The molecule has 1 aromatic rings. The lowest BCUT2D eigenvalue weighted by Gasteiger charge is -2.09. The number of rotatable bonds is 5. The Morgan fingerprint density at radius 2 is 2.06 bits per heavy atom. The van der Waals surface area contributed by atoms with Crippen molar-refractivity contribution in [2.45, 2.75) is 24.3 Å². The SMILES string of the molecule is CC(O)CCS(=O)(=O)c1cc(C(=O)O)ccc1Br. The molecule has 100 valence electrons. The van der Waals surface area contributed by atoms with Gasteiger partial charge in [0.2, 0.25) is 0 Å². The van der Waals surface area contributed by atoms with E-state index in [1.165, 1.54) is 19.1 Å². The zero-order chi connectivity index (χ0) is 13.9. The van der Waals surface area contributed by atoms with Crippen LogP contribution in [-0.2, 0) is 9.84 Å². The number of benzene rings is 1. The summed E-state index contributed by atoms with van der Waals surface area (Å²) in [5.41, 5.74) is -0.0891. The van der Waals surface area contributed by atoms with Crippen LogP contribution in [0.15, 0.2) is 27.6 Å². The number of hydrogen-bond donors (Lipinski definition) is 2. The Hall–Kier alpha value is -0.920. The van der Waals surface area contributed by atoms with Crippen LogP contribution in [-0.4, -0.2) is 36.5 Å². The van der Waals surface area contributed by atoms with E-state index in [1.807, 2.05) is 0 Å². The largest absolute Gasteiger partial charge is 0.478 e. The van der Waals surface area contributed by atoms with Gasteiger partial charge in [-0.15, -0.1) is 0 Å². The molecule has 5 nitrogen and oxygen atoms in total. The fourth-order valence-corrected chi connectivity index (χ4v) is 3.84. The Kier molecular flexibility index (Phi) is 4.89. The second-order valence-electron chi connectivity index (χ2n) is 3.91. The quantitative estimate of drug-likeness (QED) is 0.853. The zero-order valence-electron chi connectivity index (χ0n) is 9.63. The lowest BCUT2D eigenvalue weighted by atomic mass is 10.2. The summed E-state index contributed by atoms with van der Waals surface area (Å²) in [5, 5.41) is 17.9. The van der Waals surface area contributed by atoms with E-state index in [1.54, 1.807) is 0 Å². The zero-order valence-corrected chi connectivity index (χ0v) is 12.0. The van der Waals surface area contributed by atoms with E-state index >= 15 is 0 Å². The van der Waals surface area contributed by atoms with Crippen molar-refractivity contribution in [1.29, 1.82) is 0 Å². The van der Waals surface area contributed by atoms with Gasteiger partial charge in [0.15, 0.2) is 9.84 Å². The van der Waals surface area contributed by atoms with Crippen LogP contribution < -0.4 is 0 Å². The number of aromatic carboxylic acids is 1. The maximum absolute atomic E-state index is 12.0. The smallest absolute Gasteiger partial charge is 0.335 e. The molecule has 0 radical (unpaired) electrons. The second kappa shape index (κ2) is 5.81. The first-order valence-corrected chi connectivity index (χ1v) is 7.62. The molecule has 1 rings (SSSR count). The van der Waals surface area contributed by atoms with Crippen LogP contribution in [0.3, 0.4) is 0 Å². The predicted molar refractivity (Wildman–Crippen MR) is 69.5 cm³/mol. The summed E-state index contributed by atoms with van der Waals surface area (Å²) in [6, 6.07) is 3.82. The van der Waals surface area contributed by atoms with Gasteiger partial charge in [0, 0.05) is 4.47 Å². The van der Waals surface area contributed by atoms with Crippen molar-refractivity contribution in [2.75, 3.05) is 5.75 Å². The number of sulfone groups is 1. The maximum atomic E-state index is 12.0. The van der Waals surface area contributed by atoms with Crippen LogP contribution in [0.4, 0.5) is 0 Å². The highest BCUT2D eigenvalue weighted by atomic mass is 79.9. The van der Waals surface area contributed by atoms with Crippen LogP contribution in [0.2, 0.25) is 0 Å². The van der Waals surface area contributed by atoms with E-state index in [9.17, 15) is 13.2 Å². The molecule has 0 fully saturated rings. The van der Waals surface area contributed by atoms with E-state index in [4.69, 9.17) is 10.2 Å². The lowest BCUT2D eigenvalue weighted by molar-refractivity contribution is 0.0696. The Morgan fingerprint density at radius 1 is 1.44 bits per heavy atom. The first-order valence-electron chi connectivity index (χ1n) is 5.17. The van der Waals surface area contributed by atoms with Crippen LogP contribution in [0, 0.1) is 0 Å². The Balaban J connectivity index is 3.15. The van der Waals surface area contributed by atoms with Crippen molar-refractivity contribution in [1.82, 2.24) is 0 Å². The van der Waals surface area contributed by atoms with Gasteiger partial charge in [0.05, 0.1) is 22.3 Å². The molecular weight excluding hydrogens is 324 g/mol. The van der Waals surface area contributed by atoms with E-state index < -0.39 is 21.9 Å². The van der Waals surface area contributed by atoms with Gasteiger partial charge in [0.1, 0.15) is 0 Å². The Bertz CT molecular complexity index is 551. The number of carbonyl (C=O) groups is 1. The van der Waals surface area contributed by atoms with E-state index in [2.05, 4.69) is 15.9 Å². The Morgan fingerprint density at radius 3 is 2.56 bits per heavy atom. The molecule has 0 amide bonds. The molecule has 0 aliphatic carbocycles. The molecule has 0 saturated heterocycles. The van der Waals surface area contributed by atoms with Gasteiger partial charge >= 0.3 is 5.97 Å². The van der Waals surface area contributed by atoms with Crippen LogP contribution in [0.25, 0.3) is 0 Å². The first-order chi connectivity index (χ1) is 8.24. The van der Waals surface area contributed by atoms with Crippen molar-refractivity contribution in [3.05, 3.63) is 28.2 Å². The third-order valence-electron chi connectivity index (χ3n) is 2.32. The number of hydrogen-bond acceptors (Lipinski definition) is 4. The highest BCUT2D eigenvalue weighted by Gasteiger charge is 2.20. The summed E-state index contributed by atoms with van der Waals surface area (Å²) < 4.78 is 24.3. The minimum atomic E-state index is -3.61. The monoisotopic (exact) mass is 336 g/mol. The Labute approximate surface area is 113 Å². The molecule has 0 saturated carbocycles. The van der Waals surface area contributed by atoms with Crippen molar-refractivity contribution in [3.8, 4) is 0 Å². The number of carboxylic acid groups (broad SMARTS) is 1. The minimum Gasteiger partial charge on any atom is -0.478 e. The highest BCUT2D eigenvalue weighted by molar-refractivity contribution is 9.10. The summed E-state index contributed by atoms with van der Waals surface area (Å²) in [4.78, 5) is 10.7. The normalized spacial score (nSPS) is 13.3. The molecule has 0 aliphatic rings. The number of aliphatic hydroxyl groups excluding tert-OH is 1. The third kappa shape index (κ3) is 3.79. The first kappa shape index (κ1) is 15.1. The van der Waals surface area contributed by atoms with E-state index in [0.29, 0.717) is 4.47 Å². The van der Waals surface area contributed by atoms with Gasteiger partial charge in [0.25, 0.3) is 0 Å². The van der Waals surface area contributed by atoms with Gasteiger partial charge in [-0.05, 0) is 47.5 Å². The standard InChI is InChI=1S/C11H13BrO5S/c1-7(13)4-5-18(16,17)10-6-8(11(14)15)2-3-9(10)12/h2-3,6-7,13H,4-5H2,1H3,(H,14,15). The molecule has 1 unspecified atom stereocenters. The molecule has 1 aromatic carbocycles. The van der Waals surface area contributed by atoms with Crippen LogP contribution in [0.1, 0.15) is 23.7 Å². The van der Waals surface area contributed by atoms with Gasteiger partial charge < -0.3 is 10.2 Å². The van der Waals surface area contributed by atoms with Crippen molar-refractivity contribution >= 4 is 31.7 Å². The van der Waals surface area contributed by atoms with Crippen molar-refractivity contribution < 1.29 is 23.4 Å². The van der Waals surface area contributed by atoms with E-state index in [-0.39, 0.29) is 22.6 Å². The summed E-state index contributed by atoms with van der Waals surface area (Å²) in [5.74, 6) is -1.42. The maximum Gasteiger partial charge on any atom is 0.335 e. The van der Waals surface area contributed by atoms with Gasteiger partial charge in [-0.3, -0.25) is 0 Å². The molecule has 0 heterocycles. The minimum absolute atomic E-state index is 0.0666. The molecule has 0 bridgehead atoms. The van der Waals surface area contributed by atoms with E-state index in [0.717, 1.165) is 6.07 Å². The molecular formula is C11H13BrO5S. The molecule has 0 aromatic heterocycles. The molecule has 2 N–H and O–H groups in total. The van der Waals surface area contributed by atoms with Crippen LogP contribution in [0.5, 0.6) is 0 Å². The molecule has 18 heavy (non-hydrogen) atoms. The number of carboxylic acids is 1. The van der Waals surface area contributed by atoms with Crippen molar-refractivity contribution in [2.24, 2.45) is 0 Å². The predicted octanol–water partition coefficient (Wildman–Crippen LogP) is 1.69. The number of halogens is 1. The van der Waals surface area contributed by atoms with Gasteiger partial charge in [-0.25, -0.2) is 13.2 Å². The molecule has 7 heteroatoms. The average Bonchev–Trinajstić information content (AvgIpc) is 2.26. The average molecular weight is 337 g/mol. The topological polar surface area (TPSA) is 91.7 Å². The number of aliphatic hydroxyl groups is 1. The summed E-state index contributed by atoms with van der Waals surface area (Å²) in [7, 11) is -3.61. The molecule has 0 aliphatic heterocycles. The second-order valence-corrected chi connectivity index (χ2v) is 6.84. The highest BCUT2D eigenvalue weighted by Crippen LogP contribution is 2.25.